The first kappa shape index (κ1) is 15.0. The quantitative estimate of drug-likeness (QED) is 0.893. The van der Waals surface area contributed by atoms with Crippen molar-refractivity contribution < 1.29 is 4.79 Å². The van der Waals surface area contributed by atoms with E-state index in [9.17, 15) is 4.79 Å². The Morgan fingerprint density at radius 2 is 1.78 bits per heavy atom. The third-order valence-electron chi connectivity index (χ3n) is 5.88. The van der Waals surface area contributed by atoms with Gasteiger partial charge in [0.25, 0.3) is 5.91 Å². The van der Waals surface area contributed by atoms with Crippen molar-refractivity contribution in [3.8, 4) is 0 Å². The predicted octanol–water partition coefficient (Wildman–Crippen LogP) is 3.60. The molecule has 4 saturated carbocycles. The first-order valence-electron chi connectivity index (χ1n) is 9.06. The Morgan fingerprint density at radius 3 is 2.35 bits per heavy atom. The highest BCUT2D eigenvalue weighted by Gasteiger charge is 2.51. The van der Waals surface area contributed by atoms with Crippen molar-refractivity contribution in [3.63, 3.8) is 0 Å². The predicted molar refractivity (Wildman–Crippen MR) is 91.4 cm³/mol. The Labute approximate surface area is 138 Å². The van der Waals surface area contributed by atoms with Gasteiger partial charge in [-0.1, -0.05) is 0 Å². The van der Waals surface area contributed by atoms with E-state index in [0.29, 0.717) is 6.04 Å². The fourth-order valence-electron chi connectivity index (χ4n) is 5.52. The number of anilines is 1. The lowest BCUT2D eigenvalue weighted by molar-refractivity contribution is -0.0167. The molecule has 1 aromatic heterocycles. The molecule has 0 atom stereocenters. The lowest BCUT2D eigenvalue weighted by atomic mass is 9.53. The Hall–Kier alpha value is -1.58. The van der Waals surface area contributed by atoms with E-state index in [-0.39, 0.29) is 11.4 Å². The molecule has 4 fully saturated rings. The third kappa shape index (κ3) is 2.96. The van der Waals surface area contributed by atoms with Crippen molar-refractivity contribution in [1.82, 2.24) is 10.3 Å². The van der Waals surface area contributed by atoms with E-state index < -0.39 is 0 Å². The van der Waals surface area contributed by atoms with E-state index >= 15 is 0 Å². The number of amides is 1. The fraction of sp³-hybridized carbons (Fsp3) is 0.684. The zero-order valence-electron chi connectivity index (χ0n) is 14.1. The van der Waals surface area contributed by atoms with Gasteiger partial charge in [0.15, 0.2) is 0 Å². The first-order valence-corrected chi connectivity index (χ1v) is 9.06. The highest BCUT2D eigenvalue weighted by Crippen LogP contribution is 2.55. The topological polar surface area (TPSA) is 54.0 Å². The van der Waals surface area contributed by atoms with Gasteiger partial charge in [0.05, 0.1) is 0 Å². The van der Waals surface area contributed by atoms with Gasteiger partial charge in [0, 0.05) is 23.3 Å². The number of nitrogens with zero attached hydrogens (tertiary/aromatic N) is 1. The van der Waals surface area contributed by atoms with Crippen LogP contribution in [0.15, 0.2) is 18.3 Å². The van der Waals surface area contributed by atoms with Gasteiger partial charge in [0.1, 0.15) is 5.82 Å². The van der Waals surface area contributed by atoms with Crippen LogP contribution in [-0.4, -0.2) is 22.5 Å². The maximum atomic E-state index is 12.8. The van der Waals surface area contributed by atoms with Crippen molar-refractivity contribution in [2.45, 2.75) is 64.0 Å². The van der Waals surface area contributed by atoms with Gasteiger partial charge in [-0.15, -0.1) is 0 Å². The number of carbonyl (C=O) groups is 1. The van der Waals surface area contributed by atoms with Crippen LogP contribution in [0.1, 0.15) is 62.7 Å². The van der Waals surface area contributed by atoms with E-state index in [1.165, 1.54) is 38.5 Å². The molecule has 0 aromatic carbocycles. The maximum Gasteiger partial charge on any atom is 0.251 e. The molecule has 0 aliphatic heterocycles. The molecule has 4 aliphatic carbocycles. The molecule has 0 saturated heterocycles. The van der Waals surface area contributed by atoms with Gasteiger partial charge >= 0.3 is 0 Å². The maximum absolute atomic E-state index is 12.8. The number of pyridine rings is 1. The molecule has 4 aliphatic rings. The minimum Gasteiger partial charge on any atom is -0.368 e. The van der Waals surface area contributed by atoms with E-state index in [0.717, 1.165) is 29.1 Å². The summed E-state index contributed by atoms with van der Waals surface area (Å²) in [5.74, 6) is 3.38. The van der Waals surface area contributed by atoms with Crippen LogP contribution in [0.2, 0.25) is 0 Å². The molecular weight excluding hydrogens is 286 g/mol. The molecule has 0 spiro atoms. The van der Waals surface area contributed by atoms with E-state index in [1.807, 2.05) is 12.1 Å². The summed E-state index contributed by atoms with van der Waals surface area (Å²) in [6, 6.07) is 4.00. The minimum atomic E-state index is 0.0702. The monoisotopic (exact) mass is 313 g/mol. The van der Waals surface area contributed by atoms with Crippen LogP contribution in [0.4, 0.5) is 5.82 Å². The van der Waals surface area contributed by atoms with Crippen molar-refractivity contribution in [3.05, 3.63) is 23.9 Å². The second-order valence-corrected chi connectivity index (χ2v) is 8.38. The van der Waals surface area contributed by atoms with Crippen LogP contribution in [0.25, 0.3) is 0 Å². The molecule has 124 valence electrons. The van der Waals surface area contributed by atoms with Crippen molar-refractivity contribution in [2.75, 3.05) is 5.32 Å². The number of aromatic nitrogens is 1. The standard InChI is InChI=1S/C19H27N3O/c1-12(2)21-17-8-16(3-4-20-17)18(23)22-19-9-13-5-14(10-19)7-15(6-13)11-19/h3-4,8,12-15H,5-7,9-11H2,1-2H3,(H,20,21)(H,22,23). The highest BCUT2D eigenvalue weighted by atomic mass is 16.1. The number of nitrogens with one attached hydrogen (secondary N) is 2. The van der Waals surface area contributed by atoms with Gasteiger partial charge < -0.3 is 10.6 Å². The summed E-state index contributed by atoms with van der Waals surface area (Å²) in [6.07, 6.45) is 9.47. The van der Waals surface area contributed by atoms with E-state index in [2.05, 4.69) is 29.5 Å². The van der Waals surface area contributed by atoms with Crippen molar-refractivity contribution in [2.24, 2.45) is 17.8 Å². The number of rotatable bonds is 4. The van der Waals surface area contributed by atoms with Crippen LogP contribution >= 0.6 is 0 Å². The summed E-state index contributed by atoms with van der Waals surface area (Å²) in [5.41, 5.74) is 0.791. The zero-order chi connectivity index (χ0) is 16.0. The van der Waals surface area contributed by atoms with Crippen LogP contribution < -0.4 is 10.6 Å². The minimum absolute atomic E-state index is 0.0702. The molecule has 0 radical (unpaired) electrons. The molecule has 2 N–H and O–H groups in total. The van der Waals surface area contributed by atoms with Gasteiger partial charge in [-0.05, 0) is 82.3 Å². The van der Waals surface area contributed by atoms with Crippen LogP contribution in [0.5, 0.6) is 0 Å². The summed E-state index contributed by atoms with van der Waals surface area (Å²) < 4.78 is 0. The van der Waals surface area contributed by atoms with Crippen molar-refractivity contribution in [1.29, 1.82) is 0 Å². The largest absolute Gasteiger partial charge is 0.368 e. The molecule has 0 unspecified atom stereocenters. The van der Waals surface area contributed by atoms with Crippen LogP contribution in [-0.2, 0) is 0 Å². The highest BCUT2D eigenvalue weighted by molar-refractivity contribution is 5.95. The number of hydrogen-bond donors (Lipinski definition) is 2. The molecule has 4 heteroatoms. The average Bonchev–Trinajstić information content (AvgIpc) is 2.44. The SMILES string of the molecule is CC(C)Nc1cc(C(=O)NC23CC4CC(CC(C4)C2)C3)ccn1. The van der Waals surface area contributed by atoms with Gasteiger partial charge in [-0.2, -0.15) is 0 Å². The molecular formula is C19H27N3O. The second-order valence-electron chi connectivity index (χ2n) is 8.38. The molecule has 4 nitrogen and oxygen atoms in total. The molecule has 23 heavy (non-hydrogen) atoms. The number of carbonyl (C=O) groups excluding carboxylic acids is 1. The fourth-order valence-corrected chi connectivity index (χ4v) is 5.52. The van der Waals surface area contributed by atoms with E-state index in [1.54, 1.807) is 6.20 Å². The average molecular weight is 313 g/mol. The van der Waals surface area contributed by atoms with E-state index in [4.69, 9.17) is 0 Å². The molecule has 5 rings (SSSR count). The lowest BCUT2D eigenvalue weighted by Crippen LogP contribution is -2.59. The summed E-state index contributed by atoms with van der Waals surface area (Å²) in [6.45, 7) is 4.15. The summed E-state index contributed by atoms with van der Waals surface area (Å²) in [7, 11) is 0. The van der Waals surface area contributed by atoms with Gasteiger partial charge in [-0.25, -0.2) is 4.98 Å². The smallest absolute Gasteiger partial charge is 0.251 e. The van der Waals surface area contributed by atoms with Crippen molar-refractivity contribution >= 4 is 11.7 Å². The first-order chi connectivity index (χ1) is 11.0. The Balaban J connectivity index is 1.50. The second kappa shape index (κ2) is 5.50. The van der Waals surface area contributed by atoms with Crippen LogP contribution in [0.3, 0.4) is 0 Å². The lowest BCUT2D eigenvalue weighted by Gasteiger charge is -2.56. The zero-order valence-corrected chi connectivity index (χ0v) is 14.1. The Kier molecular flexibility index (Phi) is 3.58. The molecule has 1 amide bonds. The van der Waals surface area contributed by atoms with Crippen LogP contribution in [0, 0.1) is 17.8 Å². The molecule has 1 aromatic rings. The molecule has 1 heterocycles. The third-order valence-corrected chi connectivity index (χ3v) is 5.88. The number of hydrogen-bond acceptors (Lipinski definition) is 3. The van der Waals surface area contributed by atoms with Gasteiger partial charge in [0.2, 0.25) is 0 Å². The molecule has 4 bridgehead atoms. The van der Waals surface area contributed by atoms with Gasteiger partial charge in [-0.3, -0.25) is 4.79 Å². The normalized spacial score (nSPS) is 34.7. The summed E-state index contributed by atoms with van der Waals surface area (Å²) in [5, 5.41) is 6.70. The summed E-state index contributed by atoms with van der Waals surface area (Å²) >= 11 is 0. The Morgan fingerprint density at radius 1 is 1.17 bits per heavy atom. The Bertz CT molecular complexity index is 575. The summed E-state index contributed by atoms with van der Waals surface area (Å²) in [4.78, 5) is 17.1.